The number of methoxy groups -OCH3 is 3. The van der Waals surface area contributed by atoms with Crippen molar-refractivity contribution in [3.8, 4) is 23.0 Å². The van der Waals surface area contributed by atoms with Crippen LogP contribution in [-0.2, 0) is 19.1 Å². The van der Waals surface area contributed by atoms with E-state index >= 15 is 0 Å². The van der Waals surface area contributed by atoms with E-state index in [1.807, 2.05) is 0 Å². The molecular formula is C28H33BrN4O10. The highest BCUT2D eigenvalue weighted by molar-refractivity contribution is 9.10. The van der Waals surface area contributed by atoms with E-state index in [4.69, 9.17) is 23.7 Å². The lowest BCUT2D eigenvalue weighted by atomic mass is 9.95. The average molecular weight is 665 g/mol. The van der Waals surface area contributed by atoms with Crippen molar-refractivity contribution < 1.29 is 47.9 Å². The molecule has 1 aliphatic rings. The molecule has 0 aliphatic carbocycles. The number of amides is 2. The number of carbonyl (C=O) groups is 3. The molecule has 3 rings (SSSR count). The van der Waals surface area contributed by atoms with Gasteiger partial charge >= 0.3 is 18.0 Å². The number of rotatable bonds is 14. The number of hydrogen-bond donors (Lipinski definition) is 4. The van der Waals surface area contributed by atoms with Gasteiger partial charge in [-0.3, -0.25) is 5.43 Å². The number of aliphatic hydroxyl groups is 1. The van der Waals surface area contributed by atoms with Crippen LogP contribution in [0.1, 0.15) is 31.0 Å². The van der Waals surface area contributed by atoms with E-state index in [0.29, 0.717) is 50.9 Å². The van der Waals surface area contributed by atoms with Gasteiger partial charge in [-0.1, -0.05) is 6.07 Å². The third-order valence-electron chi connectivity index (χ3n) is 5.92. The van der Waals surface area contributed by atoms with Crippen molar-refractivity contribution in [2.24, 2.45) is 5.10 Å². The first kappa shape index (κ1) is 33.0. The van der Waals surface area contributed by atoms with Crippen LogP contribution in [0.2, 0.25) is 0 Å². The van der Waals surface area contributed by atoms with Crippen molar-refractivity contribution in [1.29, 1.82) is 0 Å². The minimum Gasteiger partial charge on any atom is -0.493 e. The smallest absolute Gasteiger partial charge is 0.343 e. The van der Waals surface area contributed by atoms with Crippen molar-refractivity contribution in [2.45, 2.75) is 26.1 Å². The van der Waals surface area contributed by atoms with Gasteiger partial charge in [-0.2, -0.15) is 5.10 Å². The molecule has 15 heteroatoms. The first-order valence-corrected chi connectivity index (χ1v) is 13.7. The highest BCUT2D eigenvalue weighted by Gasteiger charge is 2.32. The van der Waals surface area contributed by atoms with E-state index < -0.39 is 30.2 Å². The zero-order valence-corrected chi connectivity index (χ0v) is 25.8. The molecule has 4 N–H and O–H groups in total. The number of urea groups is 1. The topological polar surface area (TPSA) is 175 Å². The molecule has 232 valence electrons. The highest BCUT2D eigenvalue weighted by Crippen LogP contribution is 2.37. The summed E-state index contributed by atoms with van der Waals surface area (Å²) in [5, 5.41) is 19.7. The van der Waals surface area contributed by atoms with Crippen LogP contribution < -0.4 is 35.0 Å². The summed E-state index contributed by atoms with van der Waals surface area (Å²) in [7, 11) is 3.98. The Bertz CT molecular complexity index is 1400. The van der Waals surface area contributed by atoms with E-state index in [-0.39, 0.29) is 18.8 Å². The third-order valence-corrected chi connectivity index (χ3v) is 6.51. The number of ether oxygens (including phenoxy) is 6. The molecule has 0 spiro atoms. The van der Waals surface area contributed by atoms with E-state index in [9.17, 15) is 19.5 Å². The van der Waals surface area contributed by atoms with E-state index in [1.165, 1.54) is 27.5 Å². The molecule has 43 heavy (non-hydrogen) atoms. The lowest BCUT2D eigenvalue weighted by Crippen LogP contribution is -2.45. The number of benzene rings is 2. The summed E-state index contributed by atoms with van der Waals surface area (Å²) >= 11 is 3.38. The van der Waals surface area contributed by atoms with Crippen LogP contribution in [0.5, 0.6) is 23.0 Å². The predicted octanol–water partition coefficient (Wildman–Crippen LogP) is 2.53. The largest absolute Gasteiger partial charge is 0.493 e. The molecule has 0 saturated carbocycles. The highest BCUT2D eigenvalue weighted by atomic mass is 79.9. The van der Waals surface area contributed by atoms with Gasteiger partial charge in [0.2, 0.25) is 0 Å². The van der Waals surface area contributed by atoms with Crippen molar-refractivity contribution >= 4 is 40.1 Å². The molecule has 2 aromatic carbocycles. The standard InChI is InChI=1S/C28H33BrN4O10/c1-6-41-20-11-17(25-24(27(36)40-5)15(2)31-28(37)32-25)7-8-19(20)42-13-22(34)33-30-12-16-9-18(29)26(21(10-16)38-3)43-14-23(35)39-4/h7-12,22,25,33-34H,6,13-14H2,1-5H3,(H2,31,32,37)/b30-12-/t22-,25+/m1/s1. The predicted molar refractivity (Wildman–Crippen MR) is 157 cm³/mol. The van der Waals surface area contributed by atoms with Crippen molar-refractivity contribution in [3.05, 3.63) is 57.2 Å². The summed E-state index contributed by atoms with van der Waals surface area (Å²) in [6.45, 7) is 3.24. The zero-order chi connectivity index (χ0) is 31.5. The second kappa shape index (κ2) is 15.7. The Balaban J connectivity index is 1.67. The Morgan fingerprint density at radius 3 is 2.53 bits per heavy atom. The second-order valence-electron chi connectivity index (χ2n) is 8.81. The third kappa shape index (κ3) is 8.75. The SMILES string of the molecule is CCOc1cc([C@@H]2NC(=O)NC(C)=C2C(=O)OC)ccc1OC[C@@H](O)N/N=C\c1cc(Br)c(OCC(=O)OC)c(OC)c1. The molecule has 0 aromatic heterocycles. The first-order valence-electron chi connectivity index (χ1n) is 12.9. The van der Waals surface area contributed by atoms with Crippen LogP contribution >= 0.6 is 15.9 Å². The molecule has 2 amide bonds. The normalized spacial score (nSPS) is 15.2. The number of nitrogens with one attached hydrogen (secondary N) is 3. The van der Waals surface area contributed by atoms with Gasteiger partial charge in [0, 0.05) is 5.70 Å². The van der Waals surface area contributed by atoms with Gasteiger partial charge in [0.25, 0.3) is 0 Å². The molecule has 14 nitrogen and oxygen atoms in total. The van der Waals surface area contributed by atoms with Crippen LogP contribution in [0.15, 0.2) is 51.2 Å². The monoisotopic (exact) mass is 664 g/mol. The number of allylic oxidation sites excluding steroid dienone is 1. The summed E-state index contributed by atoms with van der Waals surface area (Å²) in [4.78, 5) is 36.0. The lowest BCUT2D eigenvalue weighted by Gasteiger charge is -2.28. The van der Waals surface area contributed by atoms with E-state index in [2.05, 4.69) is 41.8 Å². The summed E-state index contributed by atoms with van der Waals surface area (Å²) in [6.07, 6.45) is 0.251. The molecule has 0 bridgehead atoms. The van der Waals surface area contributed by atoms with Crippen LogP contribution in [0.3, 0.4) is 0 Å². The summed E-state index contributed by atoms with van der Waals surface area (Å²) in [5.74, 6) is 0.210. The molecule has 0 radical (unpaired) electrons. The van der Waals surface area contributed by atoms with E-state index in [0.717, 1.165) is 0 Å². The number of aliphatic hydroxyl groups excluding tert-OH is 1. The van der Waals surface area contributed by atoms with Gasteiger partial charge in [0.05, 0.1) is 50.2 Å². The first-order chi connectivity index (χ1) is 20.6. The van der Waals surface area contributed by atoms with Gasteiger partial charge in [-0.25, -0.2) is 14.4 Å². The number of hydrazone groups is 1. The summed E-state index contributed by atoms with van der Waals surface area (Å²) in [5.41, 5.74) is 4.37. The minimum absolute atomic E-state index is 0.194. The van der Waals surface area contributed by atoms with Crippen molar-refractivity contribution in [3.63, 3.8) is 0 Å². The number of carbonyl (C=O) groups excluding carboxylic acids is 3. The quantitative estimate of drug-likeness (QED) is 0.101. The Morgan fingerprint density at radius 2 is 1.86 bits per heavy atom. The Kier molecular flexibility index (Phi) is 12.0. The molecule has 0 saturated heterocycles. The molecule has 1 heterocycles. The summed E-state index contributed by atoms with van der Waals surface area (Å²) in [6, 6.07) is 7.02. The maximum Gasteiger partial charge on any atom is 0.343 e. The van der Waals surface area contributed by atoms with Crippen LogP contribution in [0.4, 0.5) is 4.79 Å². The van der Waals surface area contributed by atoms with Crippen LogP contribution in [0, 0.1) is 0 Å². The number of esters is 2. The fourth-order valence-electron chi connectivity index (χ4n) is 3.96. The molecule has 0 fully saturated rings. The lowest BCUT2D eigenvalue weighted by molar-refractivity contribution is -0.143. The molecule has 1 aliphatic heterocycles. The Hall–Kier alpha value is -4.50. The number of nitrogens with zero attached hydrogens (tertiary/aromatic N) is 1. The minimum atomic E-state index is -1.20. The fourth-order valence-corrected chi connectivity index (χ4v) is 4.54. The molecular weight excluding hydrogens is 632 g/mol. The fraction of sp³-hybridized carbons (Fsp3) is 0.357. The maximum absolute atomic E-state index is 12.4. The van der Waals surface area contributed by atoms with E-state index in [1.54, 1.807) is 44.2 Å². The van der Waals surface area contributed by atoms with Crippen molar-refractivity contribution in [1.82, 2.24) is 16.1 Å². The van der Waals surface area contributed by atoms with Gasteiger partial charge in [-0.05, 0) is 65.2 Å². The van der Waals surface area contributed by atoms with Crippen LogP contribution in [-0.4, -0.2) is 76.7 Å². The average Bonchev–Trinajstić information content (AvgIpc) is 2.98. The Labute approximate surface area is 256 Å². The Morgan fingerprint density at radius 1 is 1.09 bits per heavy atom. The molecule has 2 aromatic rings. The van der Waals surface area contributed by atoms with Crippen LogP contribution in [0.25, 0.3) is 0 Å². The maximum atomic E-state index is 12.4. The van der Waals surface area contributed by atoms with Gasteiger partial charge in [0.1, 0.15) is 6.61 Å². The number of hydrogen-bond acceptors (Lipinski definition) is 12. The van der Waals surface area contributed by atoms with Gasteiger partial charge in [0.15, 0.2) is 35.8 Å². The van der Waals surface area contributed by atoms with Gasteiger partial charge < -0.3 is 44.2 Å². The van der Waals surface area contributed by atoms with Gasteiger partial charge in [-0.15, -0.1) is 0 Å². The second-order valence-corrected chi connectivity index (χ2v) is 9.67. The summed E-state index contributed by atoms with van der Waals surface area (Å²) < 4.78 is 32.3. The molecule has 0 unspecified atom stereocenters. The zero-order valence-electron chi connectivity index (χ0n) is 24.2. The molecule has 2 atom stereocenters. The number of halogens is 1. The van der Waals surface area contributed by atoms with Crippen molar-refractivity contribution in [2.75, 3.05) is 41.2 Å².